The van der Waals surface area contributed by atoms with Crippen LogP contribution in [0.3, 0.4) is 0 Å². The summed E-state index contributed by atoms with van der Waals surface area (Å²) in [6.45, 7) is 11.1. The topological polar surface area (TPSA) is 30.5 Å². The molecule has 1 heterocycles. The second kappa shape index (κ2) is 5.69. The highest BCUT2D eigenvalue weighted by molar-refractivity contribution is 4.72. The smallest absolute Gasteiger partial charge is 0.0830 e. The fraction of sp³-hybridized carbons (Fsp3) is 1.00. The molecule has 1 fully saturated rings. The van der Waals surface area contributed by atoms with Gasteiger partial charge in [-0.25, -0.2) is 0 Å². The van der Waals surface area contributed by atoms with Gasteiger partial charge in [0.1, 0.15) is 0 Å². The zero-order chi connectivity index (χ0) is 10.4. The van der Waals surface area contributed by atoms with Gasteiger partial charge >= 0.3 is 0 Å². The minimum atomic E-state index is 0.221. The molecule has 0 aromatic carbocycles. The van der Waals surface area contributed by atoms with Crippen LogP contribution < -0.4 is 5.32 Å². The molecular formula is C11H23NO2. The van der Waals surface area contributed by atoms with E-state index in [0.717, 1.165) is 39.3 Å². The van der Waals surface area contributed by atoms with Crippen molar-refractivity contribution in [3.8, 4) is 0 Å². The number of hydrogen-bond donors (Lipinski definition) is 1. The molecule has 1 aliphatic heterocycles. The van der Waals surface area contributed by atoms with Crippen molar-refractivity contribution in [2.24, 2.45) is 5.41 Å². The lowest BCUT2D eigenvalue weighted by molar-refractivity contribution is -0.00109. The van der Waals surface area contributed by atoms with Crippen LogP contribution in [0.15, 0.2) is 0 Å². The summed E-state index contributed by atoms with van der Waals surface area (Å²) >= 11 is 0. The maximum atomic E-state index is 5.80. The van der Waals surface area contributed by atoms with Gasteiger partial charge in [0.25, 0.3) is 0 Å². The summed E-state index contributed by atoms with van der Waals surface area (Å²) in [5.74, 6) is 0. The Balaban J connectivity index is 2.14. The average molecular weight is 201 g/mol. The van der Waals surface area contributed by atoms with E-state index in [-0.39, 0.29) is 5.41 Å². The maximum absolute atomic E-state index is 5.80. The molecule has 1 atom stereocenters. The Morgan fingerprint density at radius 2 is 2.29 bits per heavy atom. The molecule has 0 bridgehead atoms. The Kier molecular flexibility index (Phi) is 4.85. The monoisotopic (exact) mass is 201 g/mol. The van der Waals surface area contributed by atoms with E-state index < -0.39 is 0 Å². The van der Waals surface area contributed by atoms with Crippen LogP contribution in [-0.2, 0) is 9.47 Å². The van der Waals surface area contributed by atoms with Gasteiger partial charge in [-0.15, -0.1) is 0 Å². The second-order valence-corrected chi connectivity index (χ2v) is 4.74. The molecule has 14 heavy (non-hydrogen) atoms. The molecule has 1 rings (SSSR count). The summed E-state index contributed by atoms with van der Waals surface area (Å²) in [6.07, 6.45) is 1.38. The van der Waals surface area contributed by atoms with Gasteiger partial charge < -0.3 is 14.8 Å². The minimum absolute atomic E-state index is 0.221. The Labute approximate surface area is 87.2 Å². The summed E-state index contributed by atoms with van der Waals surface area (Å²) in [5.41, 5.74) is 0.221. The molecule has 1 saturated heterocycles. The highest BCUT2D eigenvalue weighted by atomic mass is 16.5. The molecule has 0 amide bonds. The van der Waals surface area contributed by atoms with Gasteiger partial charge in [0, 0.05) is 18.6 Å². The van der Waals surface area contributed by atoms with Gasteiger partial charge in [-0.05, 0) is 13.0 Å². The molecule has 1 N–H and O–H groups in total. The Bertz CT molecular complexity index is 153. The second-order valence-electron chi connectivity index (χ2n) is 4.74. The highest BCUT2D eigenvalue weighted by Gasteiger charge is 2.22. The van der Waals surface area contributed by atoms with Crippen molar-refractivity contribution in [3.63, 3.8) is 0 Å². The molecule has 3 nitrogen and oxygen atoms in total. The largest absolute Gasteiger partial charge is 0.379 e. The predicted molar refractivity (Wildman–Crippen MR) is 57.5 cm³/mol. The van der Waals surface area contributed by atoms with Crippen LogP contribution in [-0.4, -0.2) is 39.0 Å². The van der Waals surface area contributed by atoms with Crippen molar-refractivity contribution >= 4 is 0 Å². The third kappa shape index (κ3) is 4.40. The van der Waals surface area contributed by atoms with Crippen molar-refractivity contribution in [2.75, 3.05) is 32.9 Å². The average Bonchev–Trinajstić information content (AvgIpc) is 2.64. The lowest BCUT2D eigenvalue weighted by Gasteiger charge is -2.26. The molecule has 0 saturated carbocycles. The maximum Gasteiger partial charge on any atom is 0.0830 e. The van der Waals surface area contributed by atoms with E-state index in [9.17, 15) is 0 Å². The van der Waals surface area contributed by atoms with Crippen molar-refractivity contribution in [2.45, 2.75) is 33.3 Å². The molecule has 0 spiro atoms. The first-order chi connectivity index (χ1) is 6.64. The zero-order valence-electron chi connectivity index (χ0n) is 9.64. The number of rotatable bonds is 6. The molecular weight excluding hydrogens is 178 g/mol. The standard InChI is InChI=1S/C11H23NO2/c1-4-12-8-11(2,3)9-14-10-5-6-13-7-10/h10,12H,4-9H2,1-3H3. The van der Waals surface area contributed by atoms with E-state index in [2.05, 4.69) is 26.1 Å². The van der Waals surface area contributed by atoms with Crippen molar-refractivity contribution in [3.05, 3.63) is 0 Å². The number of nitrogens with one attached hydrogen (secondary N) is 1. The van der Waals surface area contributed by atoms with Crippen LogP contribution in [0.4, 0.5) is 0 Å². The highest BCUT2D eigenvalue weighted by Crippen LogP contribution is 2.17. The van der Waals surface area contributed by atoms with Crippen molar-refractivity contribution < 1.29 is 9.47 Å². The van der Waals surface area contributed by atoms with E-state index in [1.807, 2.05) is 0 Å². The predicted octanol–water partition coefficient (Wildman–Crippen LogP) is 1.43. The van der Waals surface area contributed by atoms with Gasteiger partial charge in [-0.2, -0.15) is 0 Å². The zero-order valence-corrected chi connectivity index (χ0v) is 9.64. The summed E-state index contributed by atoms with van der Waals surface area (Å²) in [7, 11) is 0. The van der Waals surface area contributed by atoms with E-state index in [1.165, 1.54) is 0 Å². The number of ether oxygens (including phenoxy) is 2. The normalized spacial score (nSPS) is 22.9. The van der Waals surface area contributed by atoms with Crippen molar-refractivity contribution in [1.29, 1.82) is 0 Å². The molecule has 0 aliphatic carbocycles. The fourth-order valence-corrected chi connectivity index (χ4v) is 1.50. The lowest BCUT2D eigenvalue weighted by atomic mass is 9.95. The summed E-state index contributed by atoms with van der Waals surface area (Å²) in [4.78, 5) is 0. The molecule has 0 radical (unpaired) electrons. The van der Waals surface area contributed by atoms with Gasteiger partial charge in [0.15, 0.2) is 0 Å². The quantitative estimate of drug-likeness (QED) is 0.705. The van der Waals surface area contributed by atoms with Gasteiger partial charge in [-0.3, -0.25) is 0 Å². The Morgan fingerprint density at radius 3 is 2.86 bits per heavy atom. The molecule has 3 heteroatoms. The van der Waals surface area contributed by atoms with E-state index in [0.29, 0.717) is 6.10 Å². The first-order valence-corrected chi connectivity index (χ1v) is 5.54. The first-order valence-electron chi connectivity index (χ1n) is 5.54. The SMILES string of the molecule is CCNCC(C)(C)COC1CCOC1. The Hall–Kier alpha value is -0.120. The van der Waals surface area contributed by atoms with Crippen LogP contribution >= 0.6 is 0 Å². The van der Waals surface area contributed by atoms with Gasteiger partial charge in [0.05, 0.1) is 19.3 Å². The van der Waals surface area contributed by atoms with Crippen LogP contribution in [0.1, 0.15) is 27.2 Å². The summed E-state index contributed by atoms with van der Waals surface area (Å²) in [5, 5.41) is 3.35. The summed E-state index contributed by atoms with van der Waals surface area (Å²) in [6, 6.07) is 0. The van der Waals surface area contributed by atoms with Crippen LogP contribution in [0.5, 0.6) is 0 Å². The van der Waals surface area contributed by atoms with Gasteiger partial charge in [0.2, 0.25) is 0 Å². The first kappa shape index (κ1) is 12.0. The Morgan fingerprint density at radius 1 is 1.50 bits per heavy atom. The lowest BCUT2D eigenvalue weighted by Crippen LogP contribution is -2.34. The molecule has 0 aromatic rings. The van der Waals surface area contributed by atoms with E-state index in [1.54, 1.807) is 0 Å². The van der Waals surface area contributed by atoms with E-state index >= 15 is 0 Å². The number of hydrogen-bond acceptors (Lipinski definition) is 3. The van der Waals surface area contributed by atoms with Crippen molar-refractivity contribution in [1.82, 2.24) is 5.32 Å². The summed E-state index contributed by atoms with van der Waals surface area (Å²) < 4.78 is 11.1. The molecule has 84 valence electrons. The van der Waals surface area contributed by atoms with Crippen LogP contribution in [0, 0.1) is 5.41 Å². The van der Waals surface area contributed by atoms with E-state index in [4.69, 9.17) is 9.47 Å². The van der Waals surface area contributed by atoms with Crippen LogP contribution in [0.2, 0.25) is 0 Å². The third-order valence-electron chi connectivity index (χ3n) is 2.45. The third-order valence-corrected chi connectivity index (χ3v) is 2.45. The fourth-order valence-electron chi connectivity index (χ4n) is 1.50. The van der Waals surface area contributed by atoms with Gasteiger partial charge in [-0.1, -0.05) is 20.8 Å². The molecule has 0 aromatic heterocycles. The van der Waals surface area contributed by atoms with Crippen LogP contribution in [0.25, 0.3) is 0 Å². The molecule has 1 unspecified atom stereocenters. The minimum Gasteiger partial charge on any atom is -0.379 e. The molecule has 1 aliphatic rings.